The van der Waals surface area contributed by atoms with Gasteiger partial charge in [0, 0.05) is 27.8 Å². The van der Waals surface area contributed by atoms with Gasteiger partial charge in [0.15, 0.2) is 0 Å². The zero-order valence-electron chi connectivity index (χ0n) is 11.8. The number of fused-ring (bicyclic) bond motifs is 1. The summed E-state index contributed by atoms with van der Waals surface area (Å²) < 4.78 is 28.6. The van der Waals surface area contributed by atoms with Crippen LogP contribution in [0.5, 0.6) is 5.75 Å². The Morgan fingerprint density at radius 2 is 1.96 bits per heavy atom. The predicted octanol–water partition coefficient (Wildman–Crippen LogP) is 4.69. The predicted molar refractivity (Wildman–Crippen MR) is 86.9 cm³/mol. The Morgan fingerprint density at radius 3 is 2.65 bits per heavy atom. The molecule has 0 atom stereocenters. The summed E-state index contributed by atoms with van der Waals surface area (Å²) in [6.07, 6.45) is 0. The van der Waals surface area contributed by atoms with Gasteiger partial charge in [-0.15, -0.1) is 11.8 Å². The van der Waals surface area contributed by atoms with E-state index in [1.807, 2.05) is 6.07 Å². The van der Waals surface area contributed by atoms with E-state index < -0.39 is 6.61 Å². The number of ether oxygens (including phenoxy) is 1. The summed E-state index contributed by atoms with van der Waals surface area (Å²) in [6.45, 7) is -2.32. The average Bonchev–Trinajstić information content (AvgIpc) is 2.54. The molecule has 7 heteroatoms. The van der Waals surface area contributed by atoms with E-state index in [0.717, 1.165) is 16.3 Å². The molecule has 1 aliphatic heterocycles. The highest BCUT2D eigenvalue weighted by Crippen LogP contribution is 2.37. The molecule has 0 saturated heterocycles. The van der Waals surface area contributed by atoms with Crippen molar-refractivity contribution in [3.8, 4) is 5.75 Å². The van der Waals surface area contributed by atoms with E-state index in [0.29, 0.717) is 17.1 Å². The number of nitrogens with zero attached hydrogens (tertiary/aromatic N) is 1. The van der Waals surface area contributed by atoms with Crippen LogP contribution in [0.4, 0.5) is 14.5 Å². The van der Waals surface area contributed by atoms with Gasteiger partial charge in [0.2, 0.25) is 0 Å². The molecule has 1 heterocycles. The van der Waals surface area contributed by atoms with Gasteiger partial charge in [0.25, 0.3) is 5.91 Å². The minimum atomic E-state index is -2.88. The fourth-order valence-electron chi connectivity index (χ4n) is 2.34. The maximum Gasteiger partial charge on any atom is 0.387 e. The van der Waals surface area contributed by atoms with E-state index in [2.05, 4.69) is 4.74 Å². The smallest absolute Gasteiger partial charge is 0.387 e. The molecule has 0 bridgehead atoms. The average molecular weight is 356 g/mol. The second-order valence-electron chi connectivity index (χ2n) is 4.82. The minimum absolute atomic E-state index is 0.0224. The van der Waals surface area contributed by atoms with Gasteiger partial charge >= 0.3 is 6.61 Å². The maximum atomic E-state index is 12.7. The van der Waals surface area contributed by atoms with E-state index in [9.17, 15) is 13.6 Å². The molecule has 0 unspecified atom stereocenters. The number of hydrogen-bond donors (Lipinski definition) is 0. The Balaban J connectivity index is 1.85. The number of carbonyl (C=O) groups is 1. The summed E-state index contributed by atoms with van der Waals surface area (Å²) in [7, 11) is 0. The molecular weight excluding hydrogens is 344 g/mol. The third kappa shape index (κ3) is 3.59. The van der Waals surface area contributed by atoms with E-state index >= 15 is 0 Å². The summed E-state index contributed by atoms with van der Waals surface area (Å²) >= 11 is 7.69. The number of halogens is 3. The van der Waals surface area contributed by atoms with Gasteiger partial charge in [-0.25, -0.2) is 0 Å². The van der Waals surface area contributed by atoms with Crippen molar-refractivity contribution in [1.29, 1.82) is 0 Å². The third-order valence-electron chi connectivity index (χ3n) is 3.36. The minimum Gasteiger partial charge on any atom is -0.435 e. The molecule has 0 N–H and O–H groups in total. The van der Waals surface area contributed by atoms with Gasteiger partial charge in [0.1, 0.15) is 5.75 Å². The van der Waals surface area contributed by atoms with Crippen molar-refractivity contribution in [2.24, 2.45) is 0 Å². The van der Waals surface area contributed by atoms with Crippen molar-refractivity contribution in [2.75, 3.05) is 17.2 Å². The molecule has 0 aliphatic carbocycles. The van der Waals surface area contributed by atoms with Crippen molar-refractivity contribution in [1.82, 2.24) is 0 Å². The highest BCUT2D eigenvalue weighted by atomic mass is 35.5. The Kier molecular flexibility index (Phi) is 4.73. The van der Waals surface area contributed by atoms with Crippen LogP contribution < -0.4 is 9.64 Å². The molecule has 0 fully saturated rings. The zero-order valence-corrected chi connectivity index (χ0v) is 13.4. The molecule has 23 heavy (non-hydrogen) atoms. The Labute approximate surface area is 141 Å². The first kappa shape index (κ1) is 16.1. The van der Waals surface area contributed by atoms with Gasteiger partial charge < -0.3 is 9.64 Å². The van der Waals surface area contributed by atoms with Crippen molar-refractivity contribution >= 4 is 35.0 Å². The molecule has 0 spiro atoms. The molecular formula is C16H12ClF2NO2S. The van der Waals surface area contributed by atoms with Gasteiger partial charge in [-0.1, -0.05) is 11.6 Å². The number of amides is 1. The molecule has 0 aromatic heterocycles. The monoisotopic (exact) mass is 355 g/mol. The largest absolute Gasteiger partial charge is 0.435 e. The molecule has 0 radical (unpaired) electrons. The molecule has 3 nitrogen and oxygen atoms in total. The summed E-state index contributed by atoms with van der Waals surface area (Å²) in [4.78, 5) is 15.3. The fourth-order valence-corrected chi connectivity index (χ4v) is 3.48. The first-order valence-corrected chi connectivity index (χ1v) is 8.20. The topological polar surface area (TPSA) is 29.5 Å². The van der Waals surface area contributed by atoms with Gasteiger partial charge in [-0.05, 0) is 42.5 Å². The molecule has 1 amide bonds. The normalized spacial score (nSPS) is 13.8. The van der Waals surface area contributed by atoms with E-state index in [-0.39, 0.29) is 11.7 Å². The van der Waals surface area contributed by atoms with Gasteiger partial charge in [-0.2, -0.15) is 8.78 Å². The summed E-state index contributed by atoms with van der Waals surface area (Å²) in [5, 5.41) is 0.560. The lowest BCUT2D eigenvalue weighted by Gasteiger charge is -2.29. The Hall–Kier alpha value is -1.79. The number of alkyl halides is 2. The number of carbonyl (C=O) groups excluding carboxylic acids is 1. The quantitative estimate of drug-likeness (QED) is 0.799. The number of hydrogen-bond acceptors (Lipinski definition) is 3. The van der Waals surface area contributed by atoms with Crippen LogP contribution in [-0.2, 0) is 0 Å². The van der Waals surface area contributed by atoms with Crippen LogP contribution in [-0.4, -0.2) is 24.8 Å². The number of benzene rings is 2. The fraction of sp³-hybridized carbons (Fsp3) is 0.188. The van der Waals surface area contributed by atoms with Crippen molar-refractivity contribution < 1.29 is 18.3 Å². The molecule has 1 aliphatic rings. The van der Waals surface area contributed by atoms with E-state index in [1.165, 1.54) is 24.3 Å². The van der Waals surface area contributed by atoms with Crippen molar-refractivity contribution in [2.45, 2.75) is 11.5 Å². The second kappa shape index (κ2) is 6.76. The van der Waals surface area contributed by atoms with Crippen LogP contribution in [0, 0.1) is 0 Å². The molecule has 2 aromatic carbocycles. The Morgan fingerprint density at radius 1 is 1.22 bits per heavy atom. The summed E-state index contributed by atoms with van der Waals surface area (Å²) in [6, 6.07) is 11.1. The number of rotatable bonds is 3. The van der Waals surface area contributed by atoms with Crippen LogP contribution in [0.1, 0.15) is 10.4 Å². The zero-order chi connectivity index (χ0) is 16.4. The lowest BCUT2D eigenvalue weighted by molar-refractivity contribution is -0.0498. The van der Waals surface area contributed by atoms with Crippen LogP contribution in [0.3, 0.4) is 0 Å². The molecule has 120 valence electrons. The first-order chi connectivity index (χ1) is 11.0. The second-order valence-corrected chi connectivity index (χ2v) is 6.39. The molecule has 3 rings (SSSR count). The highest BCUT2D eigenvalue weighted by molar-refractivity contribution is 7.99. The SMILES string of the molecule is O=C(c1ccc(OC(F)F)cc1)N1CCSc2ccc(Cl)cc21. The Bertz CT molecular complexity index is 725. The maximum absolute atomic E-state index is 12.7. The number of anilines is 1. The molecule has 0 saturated carbocycles. The summed E-state index contributed by atoms with van der Waals surface area (Å²) in [5.41, 5.74) is 1.18. The third-order valence-corrected chi connectivity index (χ3v) is 4.63. The van der Waals surface area contributed by atoms with Gasteiger partial charge in [0.05, 0.1) is 5.69 Å². The van der Waals surface area contributed by atoms with Crippen molar-refractivity contribution in [3.63, 3.8) is 0 Å². The lowest BCUT2D eigenvalue weighted by atomic mass is 10.1. The van der Waals surface area contributed by atoms with Gasteiger partial charge in [-0.3, -0.25) is 4.79 Å². The van der Waals surface area contributed by atoms with Crippen LogP contribution in [0.15, 0.2) is 47.4 Å². The van der Waals surface area contributed by atoms with E-state index in [1.54, 1.807) is 28.8 Å². The van der Waals surface area contributed by atoms with E-state index in [4.69, 9.17) is 11.6 Å². The van der Waals surface area contributed by atoms with Crippen molar-refractivity contribution in [3.05, 3.63) is 53.1 Å². The highest BCUT2D eigenvalue weighted by Gasteiger charge is 2.24. The molecule has 2 aromatic rings. The number of thioether (sulfide) groups is 1. The van der Waals surface area contributed by atoms with Crippen LogP contribution >= 0.6 is 23.4 Å². The lowest BCUT2D eigenvalue weighted by Crippen LogP contribution is -2.35. The van der Waals surface area contributed by atoms with Crippen LogP contribution in [0.25, 0.3) is 0 Å². The van der Waals surface area contributed by atoms with Crippen LogP contribution in [0.2, 0.25) is 5.02 Å². The summed E-state index contributed by atoms with van der Waals surface area (Å²) in [5.74, 6) is 0.610. The first-order valence-electron chi connectivity index (χ1n) is 6.84. The standard InChI is InChI=1S/C16H12ClF2NO2S/c17-11-3-6-14-13(9-11)20(7-8-23-14)15(21)10-1-4-12(5-2-10)22-16(18)19/h1-6,9,16H,7-8H2.